The fourth-order valence-corrected chi connectivity index (χ4v) is 5.96. The maximum atomic E-state index is 14.2. The molecule has 2 amide bonds. The number of hydrogen-bond donors (Lipinski definition) is 1. The molecule has 1 N–H and O–H groups in total. The van der Waals surface area contributed by atoms with E-state index in [0.29, 0.717) is 34.5 Å². The molecule has 0 fully saturated rings. The van der Waals surface area contributed by atoms with Crippen LogP contribution >= 0.6 is 11.3 Å². The first-order valence-electron chi connectivity index (χ1n) is 11.8. The van der Waals surface area contributed by atoms with Crippen LogP contribution in [0.5, 0.6) is 17.2 Å². The number of nitrogens with one attached hydrogen (secondary N) is 1. The molecule has 4 heterocycles. The fraction of sp³-hybridized carbons (Fsp3) is 0.179. The molecular weight excluding hydrogens is 490 g/mol. The molecule has 0 bridgehead atoms. The lowest BCUT2D eigenvalue weighted by atomic mass is 9.77. The number of fused-ring (bicyclic) bond motifs is 5. The number of rotatable bonds is 4. The first-order chi connectivity index (χ1) is 18.0. The zero-order chi connectivity index (χ0) is 25.1. The van der Waals surface area contributed by atoms with Gasteiger partial charge in [0.2, 0.25) is 12.7 Å². The number of hydrogen-bond acceptors (Lipinski definition) is 7. The maximum Gasteiger partial charge on any atom is 0.257 e. The minimum Gasteiger partial charge on any atom is -0.491 e. The van der Waals surface area contributed by atoms with Gasteiger partial charge in [-0.1, -0.05) is 30.3 Å². The van der Waals surface area contributed by atoms with Gasteiger partial charge < -0.3 is 19.1 Å². The second kappa shape index (κ2) is 8.07. The zero-order valence-electron chi connectivity index (χ0n) is 19.8. The van der Waals surface area contributed by atoms with E-state index in [1.54, 1.807) is 23.2 Å². The van der Waals surface area contributed by atoms with Crippen LogP contribution in [0, 0.1) is 6.92 Å². The number of thiazole rings is 1. The number of benzene rings is 3. The number of anilines is 2. The smallest absolute Gasteiger partial charge is 0.257 e. The third-order valence-electron chi connectivity index (χ3n) is 7.02. The fourth-order valence-electron chi connectivity index (χ4n) is 5.30. The van der Waals surface area contributed by atoms with E-state index in [0.717, 1.165) is 27.3 Å². The summed E-state index contributed by atoms with van der Waals surface area (Å²) < 4.78 is 17.2. The summed E-state index contributed by atoms with van der Waals surface area (Å²) in [5, 5.41) is 3.40. The molecule has 3 aromatic carbocycles. The van der Waals surface area contributed by atoms with Crippen LogP contribution in [0.4, 0.5) is 10.8 Å². The summed E-state index contributed by atoms with van der Waals surface area (Å²) in [4.78, 5) is 34.1. The number of ether oxygens (including phenoxy) is 3. The van der Waals surface area contributed by atoms with Crippen LogP contribution in [-0.4, -0.2) is 30.2 Å². The van der Waals surface area contributed by atoms with Gasteiger partial charge in [0, 0.05) is 34.0 Å². The van der Waals surface area contributed by atoms with Crippen molar-refractivity contribution in [2.75, 3.05) is 23.6 Å². The molecule has 1 unspecified atom stereocenters. The molecule has 1 atom stereocenters. The Morgan fingerprint density at radius 1 is 1.03 bits per heavy atom. The van der Waals surface area contributed by atoms with Crippen molar-refractivity contribution in [2.24, 2.45) is 0 Å². The number of carbonyl (C=O) groups excluding carboxylic acids is 2. The first-order valence-corrected chi connectivity index (χ1v) is 12.7. The minimum absolute atomic E-state index is 0.0700. The Morgan fingerprint density at radius 3 is 2.70 bits per heavy atom. The van der Waals surface area contributed by atoms with Crippen LogP contribution in [0.15, 0.2) is 66.9 Å². The summed E-state index contributed by atoms with van der Waals surface area (Å²) in [7, 11) is 0. The Hall–Kier alpha value is -4.37. The zero-order valence-corrected chi connectivity index (χ0v) is 20.6. The van der Waals surface area contributed by atoms with Gasteiger partial charge >= 0.3 is 0 Å². The predicted molar refractivity (Wildman–Crippen MR) is 138 cm³/mol. The number of aromatic nitrogens is 1. The first kappa shape index (κ1) is 21.9. The van der Waals surface area contributed by atoms with Crippen molar-refractivity contribution >= 4 is 34.0 Å². The number of para-hydroxylation sites is 1. The summed E-state index contributed by atoms with van der Waals surface area (Å²) in [5.41, 5.74) is 2.88. The van der Waals surface area contributed by atoms with Crippen LogP contribution < -0.4 is 24.4 Å². The molecule has 37 heavy (non-hydrogen) atoms. The van der Waals surface area contributed by atoms with E-state index in [4.69, 9.17) is 14.2 Å². The Balaban J connectivity index is 1.23. The van der Waals surface area contributed by atoms with E-state index in [1.165, 1.54) is 11.3 Å². The van der Waals surface area contributed by atoms with Crippen LogP contribution in [-0.2, 0) is 16.8 Å². The third kappa shape index (κ3) is 3.31. The average Bonchev–Trinajstić information content (AvgIpc) is 3.67. The van der Waals surface area contributed by atoms with E-state index in [2.05, 4.69) is 10.3 Å². The number of aryl methyl sites for hydroxylation is 1. The van der Waals surface area contributed by atoms with Gasteiger partial charge in [0.25, 0.3) is 5.91 Å². The topological polar surface area (TPSA) is 90.0 Å². The highest BCUT2D eigenvalue weighted by molar-refractivity contribution is 7.15. The van der Waals surface area contributed by atoms with Crippen LogP contribution in [0.3, 0.4) is 0 Å². The number of carbonyl (C=O) groups is 2. The van der Waals surface area contributed by atoms with Crippen molar-refractivity contribution in [1.29, 1.82) is 0 Å². The largest absolute Gasteiger partial charge is 0.491 e. The molecule has 0 radical (unpaired) electrons. The second-order valence-electron chi connectivity index (χ2n) is 9.23. The number of nitrogens with zero attached hydrogens (tertiary/aromatic N) is 2. The van der Waals surface area contributed by atoms with Gasteiger partial charge in [0.05, 0.1) is 6.54 Å². The third-order valence-corrected chi connectivity index (χ3v) is 7.84. The van der Waals surface area contributed by atoms with E-state index in [9.17, 15) is 9.59 Å². The van der Waals surface area contributed by atoms with E-state index >= 15 is 0 Å². The molecular formula is C28H21N3O5S. The quantitative estimate of drug-likeness (QED) is 0.429. The Morgan fingerprint density at radius 2 is 1.86 bits per heavy atom. The molecule has 4 aromatic rings. The van der Waals surface area contributed by atoms with Gasteiger partial charge in [-0.2, -0.15) is 0 Å². The normalized spacial score (nSPS) is 18.6. The summed E-state index contributed by atoms with van der Waals surface area (Å²) in [6.07, 6.45) is 1.72. The van der Waals surface area contributed by atoms with Crippen molar-refractivity contribution in [3.05, 3.63) is 94.0 Å². The molecule has 7 rings (SSSR count). The van der Waals surface area contributed by atoms with Crippen molar-refractivity contribution in [3.8, 4) is 17.2 Å². The Kier molecular flexibility index (Phi) is 4.77. The Bertz CT molecular complexity index is 1600. The lowest BCUT2D eigenvalue weighted by molar-refractivity contribution is -0.122. The lowest BCUT2D eigenvalue weighted by Crippen LogP contribution is -2.42. The predicted octanol–water partition coefficient (Wildman–Crippen LogP) is 4.66. The molecule has 0 aliphatic carbocycles. The molecule has 0 saturated carbocycles. The van der Waals surface area contributed by atoms with E-state index < -0.39 is 5.41 Å². The maximum absolute atomic E-state index is 14.2. The summed E-state index contributed by atoms with van der Waals surface area (Å²) in [6, 6.07) is 18.8. The van der Waals surface area contributed by atoms with Crippen molar-refractivity contribution in [3.63, 3.8) is 0 Å². The van der Waals surface area contributed by atoms with Gasteiger partial charge in [-0.05, 0) is 42.3 Å². The monoisotopic (exact) mass is 511 g/mol. The summed E-state index contributed by atoms with van der Waals surface area (Å²) in [6.45, 7) is 2.60. The van der Waals surface area contributed by atoms with Crippen LogP contribution in [0.1, 0.15) is 31.9 Å². The van der Waals surface area contributed by atoms with Gasteiger partial charge in [0.15, 0.2) is 16.6 Å². The van der Waals surface area contributed by atoms with Crippen molar-refractivity contribution < 1.29 is 23.8 Å². The molecule has 184 valence electrons. The summed E-state index contributed by atoms with van der Waals surface area (Å²) >= 11 is 1.42. The average molecular weight is 512 g/mol. The molecule has 1 spiro atoms. The van der Waals surface area contributed by atoms with Crippen molar-refractivity contribution in [2.45, 2.75) is 18.9 Å². The van der Waals surface area contributed by atoms with E-state index in [-0.39, 0.29) is 25.2 Å². The molecule has 3 aliphatic rings. The van der Waals surface area contributed by atoms with Gasteiger partial charge in [-0.25, -0.2) is 4.98 Å². The lowest BCUT2D eigenvalue weighted by Gasteiger charge is -2.23. The SMILES string of the molecule is Cc1cnc(NC(=O)c2cccc(CN3C(=O)C4(COc5cc6c(cc54)OCO6)c4ccccc43)c2)s1. The van der Waals surface area contributed by atoms with Gasteiger partial charge in [-0.15, -0.1) is 11.3 Å². The standard InChI is InChI=1S/C28H21N3O5S/c1-16-12-29-27(37-16)30-25(32)18-6-4-5-17(9-18)13-31-21-8-3-2-7-19(21)28(26(31)33)14-34-22-11-24-23(10-20(22)28)35-15-36-24/h2-12H,13-15H2,1H3,(H,29,30,32). The van der Waals surface area contributed by atoms with Gasteiger partial charge in [-0.3, -0.25) is 14.9 Å². The van der Waals surface area contributed by atoms with Gasteiger partial charge in [0.1, 0.15) is 17.8 Å². The number of amides is 2. The highest BCUT2D eigenvalue weighted by atomic mass is 32.1. The highest BCUT2D eigenvalue weighted by Crippen LogP contribution is 2.55. The highest BCUT2D eigenvalue weighted by Gasteiger charge is 2.57. The molecule has 0 saturated heterocycles. The minimum atomic E-state index is -0.968. The molecule has 8 nitrogen and oxygen atoms in total. The van der Waals surface area contributed by atoms with Crippen LogP contribution in [0.25, 0.3) is 0 Å². The molecule has 9 heteroatoms. The van der Waals surface area contributed by atoms with Crippen LogP contribution in [0.2, 0.25) is 0 Å². The summed E-state index contributed by atoms with van der Waals surface area (Å²) in [5.74, 6) is 1.55. The Labute approximate surface area is 216 Å². The van der Waals surface area contributed by atoms with Crippen molar-refractivity contribution in [1.82, 2.24) is 4.98 Å². The van der Waals surface area contributed by atoms with E-state index in [1.807, 2.05) is 55.5 Å². The second-order valence-corrected chi connectivity index (χ2v) is 10.5. The molecule has 3 aliphatic heterocycles. The molecule has 1 aromatic heterocycles.